The van der Waals surface area contributed by atoms with Gasteiger partial charge in [0.15, 0.2) is 0 Å². The van der Waals surface area contributed by atoms with Crippen LogP contribution in [0, 0.1) is 5.82 Å². The van der Waals surface area contributed by atoms with Crippen LogP contribution in [0.25, 0.3) is 0 Å². The second kappa shape index (κ2) is 5.30. The second-order valence-electron chi connectivity index (χ2n) is 3.53. The Morgan fingerprint density at radius 2 is 2.00 bits per heavy atom. The van der Waals surface area contributed by atoms with Gasteiger partial charge >= 0.3 is 0 Å². The second-order valence-corrected chi connectivity index (χ2v) is 3.53. The first-order valence-electron chi connectivity index (χ1n) is 5.29. The summed E-state index contributed by atoms with van der Waals surface area (Å²) in [5, 5.41) is 3.03. The topological polar surface area (TPSA) is 34.2 Å². The van der Waals surface area contributed by atoms with Gasteiger partial charge in [0.2, 0.25) is 0 Å². The molecule has 2 aromatic rings. The minimum absolute atomic E-state index is 0.271. The van der Waals surface area contributed by atoms with Gasteiger partial charge in [-0.1, -0.05) is 0 Å². The Hall–Kier alpha value is -2.10. The van der Waals surface area contributed by atoms with E-state index in [4.69, 9.17) is 4.74 Å². The van der Waals surface area contributed by atoms with E-state index in [1.165, 1.54) is 12.1 Å². The zero-order valence-corrected chi connectivity index (χ0v) is 9.48. The average Bonchev–Trinajstić information content (AvgIpc) is 2.38. The molecule has 0 unspecified atom stereocenters. The lowest BCUT2D eigenvalue weighted by Crippen LogP contribution is -1.99. The van der Waals surface area contributed by atoms with Gasteiger partial charge in [-0.3, -0.25) is 4.98 Å². The zero-order valence-electron chi connectivity index (χ0n) is 9.48. The molecule has 3 nitrogen and oxygen atoms in total. The van der Waals surface area contributed by atoms with Gasteiger partial charge in [0.1, 0.15) is 18.2 Å². The number of rotatable bonds is 4. The van der Waals surface area contributed by atoms with E-state index in [1.807, 2.05) is 19.2 Å². The third-order valence-electron chi connectivity index (χ3n) is 2.31. The van der Waals surface area contributed by atoms with Crippen molar-refractivity contribution in [2.45, 2.75) is 6.61 Å². The van der Waals surface area contributed by atoms with Crippen LogP contribution in [0.15, 0.2) is 42.6 Å². The van der Waals surface area contributed by atoms with Crippen molar-refractivity contribution in [3.63, 3.8) is 0 Å². The van der Waals surface area contributed by atoms with Crippen LogP contribution in [0.5, 0.6) is 5.75 Å². The fourth-order valence-electron chi connectivity index (χ4n) is 1.40. The molecule has 0 saturated heterocycles. The Kier molecular flexibility index (Phi) is 3.55. The quantitative estimate of drug-likeness (QED) is 0.880. The normalized spacial score (nSPS) is 10.0. The number of benzene rings is 1. The van der Waals surface area contributed by atoms with E-state index in [0.29, 0.717) is 12.4 Å². The van der Waals surface area contributed by atoms with Crippen molar-refractivity contribution >= 4 is 5.69 Å². The van der Waals surface area contributed by atoms with E-state index in [2.05, 4.69) is 10.3 Å². The number of nitrogens with one attached hydrogen (secondary N) is 1. The summed E-state index contributed by atoms with van der Waals surface area (Å²) in [6.45, 7) is 0.362. The predicted octanol–water partition coefficient (Wildman–Crippen LogP) is 2.84. The third-order valence-corrected chi connectivity index (χ3v) is 2.31. The molecular weight excluding hydrogens is 219 g/mol. The molecule has 0 aliphatic carbocycles. The van der Waals surface area contributed by atoms with Crippen molar-refractivity contribution in [1.82, 2.24) is 4.98 Å². The number of nitrogens with zero attached hydrogens (tertiary/aromatic N) is 1. The molecule has 0 bridgehead atoms. The lowest BCUT2D eigenvalue weighted by molar-refractivity contribution is 0.301. The molecule has 1 aromatic carbocycles. The molecule has 88 valence electrons. The molecule has 0 atom stereocenters. The van der Waals surface area contributed by atoms with Crippen LogP contribution in [-0.4, -0.2) is 12.0 Å². The highest BCUT2D eigenvalue weighted by molar-refractivity contribution is 5.42. The molecule has 4 heteroatoms. The molecule has 1 N–H and O–H groups in total. The summed E-state index contributed by atoms with van der Waals surface area (Å²) in [4.78, 5) is 4.18. The monoisotopic (exact) mass is 232 g/mol. The van der Waals surface area contributed by atoms with Crippen molar-refractivity contribution in [3.8, 4) is 5.75 Å². The minimum atomic E-state index is -0.271. The molecule has 2 rings (SSSR count). The van der Waals surface area contributed by atoms with Gasteiger partial charge in [-0.05, 0) is 36.4 Å². The summed E-state index contributed by atoms with van der Waals surface area (Å²) < 4.78 is 18.2. The first-order valence-corrected chi connectivity index (χ1v) is 5.29. The summed E-state index contributed by atoms with van der Waals surface area (Å²) in [6.07, 6.45) is 1.72. The summed E-state index contributed by atoms with van der Waals surface area (Å²) in [7, 11) is 1.85. The summed E-state index contributed by atoms with van der Waals surface area (Å²) in [5.74, 6) is 0.357. The lowest BCUT2D eigenvalue weighted by atomic mass is 10.3. The number of anilines is 1. The molecule has 1 aromatic heterocycles. The van der Waals surface area contributed by atoms with Gasteiger partial charge < -0.3 is 10.1 Å². The van der Waals surface area contributed by atoms with E-state index in [9.17, 15) is 4.39 Å². The van der Waals surface area contributed by atoms with E-state index in [1.54, 1.807) is 18.3 Å². The number of pyridine rings is 1. The minimum Gasteiger partial charge on any atom is -0.487 e. The number of hydrogen-bond acceptors (Lipinski definition) is 3. The zero-order chi connectivity index (χ0) is 12.1. The maximum atomic E-state index is 12.7. The highest BCUT2D eigenvalue weighted by Crippen LogP contribution is 2.14. The van der Waals surface area contributed by atoms with Crippen LogP contribution in [0.2, 0.25) is 0 Å². The van der Waals surface area contributed by atoms with Crippen LogP contribution < -0.4 is 10.1 Å². The largest absolute Gasteiger partial charge is 0.487 e. The van der Waals surface area contributed by atoms with Crippen molar-refractivity contribution < 1.29 is 9.13 Å². The maximum Gasteiger partial charge on any atom is 0.130 e. The number of hydrogen-bond donors (Lipinski definition) is 1. The molecule has 0 amide bonds. The van der Waals surface area contributed by atoms with Crippen molar-refractivity contribution in [3.05, 3.63) is 54.1 Å². The predicted molar refractivity (Wildman–Crippen MR) is 64.5 cm³/mol. The first kappa shape index (κ1) is 11.4. The molecule has 0 spiro atoms. The highest BCUT2D eigenvalue weighted by Gasteiger charge is 1.98. The third kappa shape index (κ3) is 3.17. The molecule has 0 radical (unpaired) electrons. The Balaban J connectivity index is 1.99. The van der Waals surface area contributed by atoms with Gasteiger partial charge in [-0.2, -0.15) is 0 Å². The molecule has 17 heavy (non-hydrogen) atoms. The molecular formula is C13H13FN2O. The van der Waals surface area contributed by atoms with E-state index >= 15 is 0 Å². The lowest BCUT2D eigenvalue weighted by Gasteiger charge is -2.06. The van der Waals surface area contributed by atoms with Crippen molar-refractivity contribution in [2.24, 2.45) is 0 Å². The average molecular weight is 232 g/mol. The first-order chi connectivity index (χ1) is 8.28. The highest BCUT2D eigenvalue weighted by atomic mass is 19.1. The van der Waals surface area contributed by atoms with Gasteiger partial charge in [0.05, 0.1) is 5.69 Å². The van der Waals surface area contributed by atoms with Crippen molar-refractivity contribution in [1.29, 1.82) is 0 Å². The summed E-state index contributed by atoms with van der Waals surface area (Å²) >= 11 is 0. The molecule has 0 aliphatic rings. The van der Waals surface area contributed by atoms with E-state index in [0.717, 1.165) is 11.4 Å². The van der Waals surface area contributed by atoms with Crippen LogP contribution >= 0.6 is 0 Å². The van der Waals surface area contributed by atoms with E-state index in [-0.39, 0.29) is 5.82 Å². The molecule has 0 aliphatic heterocycles. The number of ether oxygens (including phenoxy) is 1. The summed E-state index contributed by atoms with van der Waals surface area (Å²) in [6, 6.07) is 9.71. The van der Waals surface area contributed by atoms with Crippen LogP contribution in [-0.2, 0) is 6.61 Å². The molecule has 0 fully saturated rings. The van der Waals surface area contributed by atoms with Crippen molar-refractivity contribution in [2.75, 3.05) is 12.4 Å². The van der Waals surface area contributed by atoms with E-state index < -0.39 is 0 Å². The smallest absolute Gasteiger partial charge is 0.130 e. The maximum absolute atomic E-state index is 12.7. The Labute approximate surface area is 99.3 Å². The molecule has 1 heterocycles. The van der Waals surface area contributed by atoms with Gasteiger partial charge in [-0.15, -0.1) is 0 Å². The fraction of sp³-hybridized carbons (Fsp3) is 0.154. The summed E-state index contributed by atoms with van der Waals surface area (Å²) in [5.41, 5.74) is 1.80. The Morgan fingerprint density at radius 3 is 2.71 bits per heavy atom. The van der Waals surface area contributed by atoms with Crippen LogP contribution in [0.1, 0.15) is 5.69 Å². The van der Waals surface area contributed by atoms with Crippen LogP contribution in [0.3, 0.4) is 0 Å². The Morgan fingerprint density at radius 1 is 1.24 bits per heavy atom. The van der Waals surface area contributed by atoms with Crippen LogP contribution in [0.4, 0.5) is 10.1 Å². The number of aromatic nitrogens is 1. The number of halogens is 1. The van der Waals surface area contributed by atoms with Gasteiger partial charge in [0, 0.05) is 18.9 Å². The SMILES string of the molecule is CNc1ccnc(COc2ccc(F)cc2)c1. The Bertz CT molecular complexity index is 485. The van der Waals surface area contributed by atoms with Gasteiger partial charge in [-0.25, -0.2) is 4.39 Å². The fourth-order valence-corrected chi connectivity index (χ4v) is 1.40. The standard InChI is InChI=1S/C13H13FN2O/c1-15-11-6-7-16-12(8-11)9-17-13-4-2-10(14)3-5-13/h2-8H,9H2,1H3,(H,15,16). The van der Waals surface area contributed by atoms with Gasteiger partial charge in [0.25, 0.3) is 0 Å². The molecule has 0 saturated carbocycles.